The lowest BCUT2D eigenvalue weighted by atomic mass is 9.93. The summed E-state index contributed by atoms with van der Waals surface area (Å²) < 4.78 is 47.2. The number of ether oxygens (including phenoxy) is 1. The third-order valence-corrected chi connectivity index (χ3v) is 9.76. The molecule has 0 radical (unpaired) electrons. The predicted molar refractivity (Wildman–Crippen MR) is 183 cm³/mol. The molecule has 0 N–H and O–H groups in total. The summed E-state index contributed by atoms with van der Waals surface area (Å²) in [5.41, 5.74) is 0.912. The van der Waals surface area contributed by atoms with Gasteiger partial charge in [0.1, 0.15) is 17.6 Å². The second kappa shape index (κ2) is 15.0. The monoisotopic (exact) mass is 715 g/mol. The largest absolute Gasteiger partial charge is 0.493 e. The molecule has 260 valence electrons. The number of carbonyl (C=O) groups excluding carboxylic acids is 2. The van der Waals surface area contributed by atoms with E-state index >= 15 is 0 Å². The quantitative estimate of drug-likeness (QED) is 0.252. The summed E-state index contributed by atoms with van der Waals surface area (Å²) in [6.07, 6.45) is -1.42. The van der Waals surface area contributed by atoms with Crippen molar-refractivity contribution in [1.82, 2.24) is 19.6 Å². The van der Waals surface area contributed by atoms with Crippen LogP contribution >= 0.6 is 23.2 Å². The van der Waals surface area contributed by atoms with Crippen molar-refractivity contribution in [3.05, 3.63) is 99.0 Å². The minimum Gasteiger partial charge on any atom is -0.493 e. The second-order valence-corrected chi connectivity index (χ2v) is 13.3. The number of aliphatic imine (C=N–C) groups is 1. The molecule has 2 fully saturated rings. The lowest BCUT2D eigenvalue weighted by Gasteiger charge is -2.39. The van der Waals surface area contributed by atoms with Crippen molar-refractivity contribution < 1.29 is 27.5 Å². The van der Waals surface area contributed by atoms with Crippen LogP contribution in [0.5, 0.6) is 5.75 Å². The average Bonchev–Trinajstić information content (AvgIpc) is 3.49. The maximum Gasteiger partial charge on any atom is 0.416 e. The average molecular weight is 717 g/mol. The van der Waals surface area contributed by atoms with Gasteiger partial charge < -0.3 is 14.5 Å². The Morgan fingerprint density at radius 3 is 2.02 bits per heavy atom. The van der Waals surface area contributed by atoms with Crippen molar-refractivity contribution in [2.75, 3.05) is 52.4 Å². The minimum atomic E-state index is -4.59. The third-order valence-electron chi connectivity index (χ3n) is 9.26. The summed E-state index contributed by atoms with van der Waals surface area (Å²) in [6.45, 7) is 5.38. The fourth-order valence-corrected chi connectivity index (χ4v) is 6.95. The molecule has 0 aliphatic carbocycles. The van der Waals surface area contributed by atoms with E-state index in [0.29, 0.717) is 42.8 Å². The highest BCUT2D eigenvalue weighted by molar-refractivity contribution is 6.30. The highest BCUT2D eigenvalue weighted by Gasteiger charge is 2.45. The molecular weight excluding hydrogens is 678 g/mol. The van der Waals surface area contributed by atoms with Crippen molar-refractivity contribution in [3.8, 4) is 5.75 Å². The molecule has 0 saturated carbocycles. The number of likely N-dealkylation sites (tertiary alicyclic amines) is 1. The standard InChI is InChI=1S/C36H38Cl2F3N5O3/c1-2-49-30-22-26(36(39,40)41)10-15-29(30)34-42-32(24-6-11-27(37)12-7-24)33(25-8-13-28(38)14-9-25)46(34)35(48)45-20-18-43(19-21-45)23-31(47)44-16-4-3-5-17-44/h6-15,22,32-33H,2-5,16-21,23H2,1H3. The number of piperazine rings is 1. The van der Waals surface area contributed by atoms with Crippen LogP contribution < -0.4 is 4.74 Å². The van der Waals surface area contributed by atoms with E-state index in [1.807, 2.05) is 29.2 Å². The van der Waals surface area contributed by atoms with Crippen LogP contribution in [0.3, 0.4) is 0 Å². The molecule has 2 unspecified atom stereocenters. The maximum atomic E-state index is 14.7. The van der Waals surface area contributed by atoms with Gasteiger partial charge in [0.05, 0.1) is 30.3 Å². The minimum absolute atomic E-state index is 0.0264. The van der Waals surface area contributed by atoms with Crippen molar-refractivity contribution >= 4 is 41.0 Å². The van der Waals surface area contributed by atoms with E-state index in [0.717, 1.165) is 55.6 Å². The topological polar surface area (TPSA) is 68.7 Å². The van der Waals surface area contributed by atoms with Gasteiger partial charge in [-0.05, 0) is 79.8 Å². The fraction of sp³-hybridized carbons (Fsp3) is 0.417. The summed E-state index contributed by atoms with van der Waals surface area (Å²) in [7, 11) is 0. The van der Waals surface area contributed by atoms with Gasteiger partial charge in [-0.2, -0.15) is 13.2 Å². The van der Waals surface area contributed by atoms with Crippen LogP contribution in [0.15, 0.2) is 71.7 Å². The molecule has 0 spiro atoms. The van der Waals surface area contributed by atoms with Crippen LogP contribution in [0.1, 0.15) is 60.5 Å². The number of piperidine rings is 1. The highest BCUT2D eigenvalue weighted by Crippen LogP contribution is 2.46. The first kappa shape index (κ1) is 35.0. The zero-order valence-electron chi connectivity index (χ0n) is 27.1. The van der Waals surface area contributed by atoms with Gasteiger partial charge in [-0.1, -0.05) is 47.5 Å². The van der Waals surface area contributed by atoms with Crippen molar-refractivity contribution in [1.29, 1.82) is 0 Å². The van der Waals surface area contributed by atoms with Crippen LogP contribution in [0.4, 0.5) is 18.0 Å². The van der Waals surface area contributed by atoms with Crippen LogP contribution in [0, 0.1) is 0 Å². The maximum absolute atomic E-state index is 14.7. The molecule has 3 amide bonds. The predicted octanol–water partition coefficient (Wildman–Crippen LogP) is 7.71. The Balaban J connectivity index is 1.37. The van der Waals surface area contributed by atoms with Gasteiger partial charge in [0, 0.05) is 49.3 Å². The molecule has 3 heterocycles. The number of alkyl halides is 3. The summed E-state index contributed by atoms with van der Waals surface area (Å²) >= 11 is 12.5. The van der Waals surface area contributed by atoms with Crippen molar-refractivity contribution in [2.24, 2.45) is 4.99 Å². The molecule has 6 rings (SSSR count). The molecule has 49 heavy (non-hydrogen) atoms. The number of amidine groups is 1. The third kappa shape index (κ3) is 7.84. The number of hydrogen-bond acceptors (Lipinski definition) is 5. The van der Waals surface area contributed by atoms with Crippen LogP contribution in [0.25, 0.3) is 0 Å². The number of halogens is 5. The molecule has 8 nitrogen and oxygen atoms in total. The van der Waals surface area contributed by atoms with Gasteiger partial charge in [0.25, 0.3) is 0 Å². The van der Waals surface area contributed by atoms with E-state index < -0.39 is 23.8 Å². The van der Waals surface area contributed by atoms with Gasteiger partial charge in [-0.3, -0.25) is 19.6 Å². The lowest BCUT2D eigenvalue weighted by molar-refractivity contribution is -0.137. The van der Waals surface area contributed by atoms with E-state index in [9.17, 15) is 22.8 Å². The first-order valence-electron chi connectivity index (χ1n) is 16.5. The van der Waals surface area contributed by atoms with Crippen molar-refractivity contribution in [2.45, 2.75) is 44.4 Å². The molecule has 3 aromatic carbocycles. The molecule has 3 aliphatic rings. The normalized spacial score (nSPS) is 20.4. The molecule has 3 aromatic rings. The Bertz CT molecular complexity index is 1670. The van der Waals surface area contributed by atoms with Gasteiger partial charge in [0.15, 0.2) is 0 Å². The summed E-state index contributed by atoms with van der Waals surface area (Å²) in [5.74, 6) is 0.277. The van der Waals surface area contributed by atoms with Crippen molar-refractivity contribution in [3.63, 3.8) is 0 Å². The Kier molecular flexibility index (Phi) is 10.7. The number of nitrogens with zero attached hydrogens (tertiary/aromatic N) is 5. The number of urea groups is 1. The Morgan fingerprint density at radius 1 is 0.816 bits per heavy atom. The Morgan fingerprint density at radius 2 is 1.43 bits per heavy atom. The van der Waals surface area contributed by atoms with Gasteiger partial charge in [0.2, 0.25) is 5.91 Å². The van der Waals surface area contributed by atoms with E-state index in [4.69, 9.17) is 32.9 Å². The molecule has 2 saturated heterocycles. The summed E-state index contributed by atoms with van der Waals surface area (Å²) in [6, 6.07) is 15.9. The first-order chi connectivity index (χ1) is 23.5. The van der Waals surface area contributed by atoms with Gasteiger partial charge in [-0.25, -0.2) is 4.79 Å². The molecule has 2 atom stereocenters. The Labute approximate surface area is 294 Å². The van der Waals surface area contributed by atoms with Gasteiger partial charge >= 0.3 is 12.2 Å². The van der Waals surface area contributed by atoms with Crippen LogP contribution in [-0.4, -0.2) is 89.8 Å². The van der Waals surface area contributed by atoms with E-state index in [2.05, 4.69) is 4.90 Å². The van der Waals surface area contributed by atoms with E-state index in [1.54, 1.807) is 41.0 Å². The zero-order valence-corrected chi connectivity index (χ0v) is 28.6. The van der Waals surface area contributed by atoms with E-state index in [1.165, 1.54) is 6.07 Å². The molecule has 13 heteroatoms. The number of benzene rings is 3. The number of rotatable bonds is 7. The number of hydrogen-bond donors (Lipinski definition) is 0. The zero-order chi connectivity index (χ0) is 34.7. The molecule has 3 aliphatic heterocycles. The number of carbonyl (C=O) groups is 2. The number of amides is 3. The van der Waals surface area contributed by atoms with Gasteiger partial charge in [-0.15, -0.1) is 0 Å². The lowest BCUT2D eigenvalue weighted by Crippen LogP contribution is -2.55. The smallest absolute Gasteiger partial charge is 0.416 e. The Hall–Kier alpha value is -3.80. The van der Waals surface area contributed by atoms with Crippen LogP contribution in [-0.2, 0) is 11.0 Å². The van der Waals surface area contributed by atoms with E-state index in [-0.39, 0.29) is 35.7 Å². The SMILES string of the molecule is CCOc1cc(C(F)(F)F)ccc1C1=NC(c2ccc(Cl)cc2)C(c2ccc(Cl)cc2)N1C(=O)N1CCN(CC(=O)N2CCCCC2)CC1. The molecule has 0 aromatic heterocycles. The summed E-state index contributed by atoms with van der Waals surface area (Å²) in [5, 5.41) is 1.04. The first-order valence-corrected chi connectivity index (χ1v) is 17.3. The van der Waals surface area contributed by atoms with Crippen LogP contribution in [0.2, 0.25) is 10.0 Å². The molecule has 0 bridgehead atoms. The second-order valence-electron chi connectivity index (χ2n) is 12.4. The molecular formula is C36H38Cl2F3N5O3. The summed E-state index contributed by atoms with van der Waals surface area (Å²) in [4.78, 5) is 40.1. The fourth-order valence-electron chi connectivity index (χ4n) is 6.70. The highest BCUT2D eigenvalue weighted by atomic mass is 35.5.